The molecule has 4 aromatic carbocycles. The molecule has 4 aromatic rings. The van der Waals surface area contributed by atoms with Crippen LogP contribution in [0.1, 0.15) is 43.0 Å². The van der Waals surface area contributed by atoms with Gasteiger partial charge in [-0.1, -0.05) is 84.9 Å². The molecule has 181 valence electrons. The molecule has 0 amide bonds. The van der Waals surface area contributed by atoms with E-state index in [1.807, 2.05) is 60.7 Å². The molecular weight excluding hydrogens is 496 g/mol. The van der Waals surface area contributed by atoms with Gasteiger partial charge in [-0.3, -0.25) is 0 Å². The first-order chi connectivity index (χ1) is 16.4. The van der Waals surface area contributed by atoms with E-state index in [0.717, 1.165) is 11.1 Å². The maximum atomic E-state index is 11.7. The van der Waals surface area contributed by atoms with E-state index in [9.17, 15) is 19.8 Å². The topological polar surface area (TPSA) is 121 Å². The van der Waals surface area contributed by atoms with E-state index >= 15 is 0 Å². The van der Waals surface area contributed by atoms with Gasteiger partial charge in [-0.05, 0) is 47.2 Å². The fourth-order valence-electron chi connectivity index (χ4n) is 3.50. The van der Waals surface area contributed by atoms with Crippen LogP contribution in [0.3, 0.4) is 0 Å². The van der Waals surface area contributed by atoms with Gasteiger partial charge in [-0.25, -0.2) is 9.59 Å². The van der Waals surface area contributed by atoms with Crippen LogP contribution in [0.15, 0.2) is 97.1 Å². The molecule has 0 aliphatic carbocycles. The van der Waals surface area contributed by atoms with Crippen molar-refractivity contribution in [3.63, 3.8) is 0 Å². The summed E-state index contributed by atoms with van der Waals surface area (Å²) in [6.45, 7) is 0. The van der Waals surface area contributed by atoms with E-state index in [1.165, 1.54) is 36.4 Å². The first-order valence-corrected chi connectivity index (χ1v) is 10.5. The Kier molecular flexibility index (Phi) is 10.1. The Morgan fingerprint density at radius 1 is 0.543 bits per heavy atom. The SMILES string of the molecule is O=C(O)c1cccc([O-])c1Cc1ccccc1.O=C(O)c1cccc([O-])c1Cc1ccccc1.[Cu+2]. The van der Waals surface area contributed by atoms with Crippen LogP contribution in [0.2, 0.25) is 0 Å². The van der Waals surface area contributed by atoms with Crippen LogP contribution >= 0.6 is 0 Å². The Labute approximate surface area is 213 Å². The quantitative estimate of drug-likeness (QED) is 0.371. The van der Waals surface area contributed by atoms with Crippen molar-refractivity contribution in [1.29, 1.82) is 0 Å². The van der Waals surface area contributed by atoms with E-state index in [4.69, 9.17) is 10.2 Å². The summed E-state index contributed by atoms with van der Waals surface area (Å²) in [5.74, 6) is -2.58. The van der Waals surface area contributed by atoms with Crippen LogP contribution in [0.25, 0.3) is 0 Å². The van der Waals surface area contributed by atoms with E-state index in [2.05, 4.69) is 0 Å². The number of carboxylic acids is 2. The van der Waals surface area contributed by atoms with Crippen LogP contribution < -0.4 is 10.2 Å². The second kappa shape index (κ2) is 13.0. The summed E-state index contributed by atoms with van der Waals surface area (Å²) in [5.41, 5.74) is 2.71. The average molecular weight is 518 g/mol. The van der Waals surface area contributed by atoms with Gasteiger partial charge >= 0.3 is 29.0 Å². The molecule has 0 saturated carbocycles. The van der Waals surface area contributed by atoms with Gasteiger partial charge in [0.25, 0.3) is 0 Å². The molecule has 0 spiro atoms. The predicted octanol–water partition coefficient (Wildman–Crippen LogP) is 4.10. The number of hydrogen-bond donors (Lipinski definition) is 2. The molecule has 35 heavy (non-hydrogen) atoms. The number of benzene rings is 4. The van der Waals surface area contributed by atoms with Crippen LogP contribution in [0.4, 0.5) is 0 Å². The third kappa shape index (κ3) is 7.47. The van der Waals surface area contributed by atoms with Crippen LogP contribution in [-0.4, -0.2) is 22.2 Å². The maximum absolute atomic E-state index is 11.7. The summed E-state index contributed by atoms with van der Waals surface area (Å²) in [7, 11) is 0. The van der Waals surface area contributed by atoms with Crippen LogP contribution in [0.5, 0.6) is 11.5 Å². The number of hydrogen-bond acceptors (Lipinski definition) is 4. The molecule has 0 aromatic heterocycles. The van der Waals surface area contributed by atoms with Crippen molar-refractivity contribution in [3.8, 4) is 11.5 Å². The zero-order valence-electron chi connectivity index (χ0n) is 18.5. The second-order valence-electron chi connectivity index (χ2n) is 7.50. The summed E-state index contributed by atoms with van der Waals surface area (Å²) >= 11 is 0. The summed E-state index contributed by atoms with van der Waals surface area (Å²) in [4.78, 5) is 22.1. The van der Waals surface area contributed by atoms with Crippen molar-refractivity contribution in [2.45, 2.75) is 12.8 Å². The van der Waals surface area contributed by atoms with Crippen LogP contribution in [0, 0.1) is 0 Å². The van der Waals surface area contributed by atoms with Crippen molar-refractivity contribution >= 4 is 11.9 Å². The summed E-state index contributed by atoms with van der Waals surface area (Å²) in [5, 5.41) is 41.4. The summed E-state index contributed by atoms with van der Waals surface area (Å²) in [6.07, 6.45) is 0.699. The van der Waals surface area contributed by atoms with Crippen molar-refractivity contribution in [2.24, 2.45) is 0 Å². The van der Waals surface area contributed by atoms with Gasteiger partial charge in [0.2, 0.25) is 0 Å². The third-order valence-corrected chi connectivity index (χ3v) is 5.17. The largest absolute Gasteiger partial charge is 2.00 e. The van der Waals surface area contributed by atoms with E-state index in [-0.39, 0.29) is 39.7 Å². The monoisotopic (exact) mass is 517 g/mol. The standard InChI is InChI=1S/2C14H12O3.Cu/c2*15-13-8-4-7-11(14(16)17)12(13)9-10-5-2-1-3-6-10;/h2*1-8,15H,9H2,(H,16,17);/q;;+2/p-2. The summed E-state index contributed by atoms with van der Waals surface area (Å²) in [6, 6.07) is 27.4. The van der Waals surface area contributed by atoms with E-state index < -0.39 is 11.9 Å². The summed E-state index contributed by atoms with van der Waals surface area (Å²) < 4.78 is 0. The second-order valence-corrected chi connectivity index (χ2v) is 7.50. The molecule has 0 fully saturated rings. The van der Waals surface area contributed by atoms with Gasteiger partial charge < -0.3 is 20.4 Å². The van der Waals surface area contributed by atoms with Crippen molar-refractivity contribution in [3.05, 3.63) is 130 Å². The van der Waals surface area contributed by atoms with Gasteiger partial charge in [0.1, 0.15) is 0 Å². The van der Waals surface area contributed by atoms with Crippen molar-refractivity contribution < 1.29 is 47.1 Å². The van der Waals surface area contributed by atoms with Gasteiger partial charge in [0.05, 0.1) is 11.1 Å². The fraction of sp³-hybridized carbons (Fsp3) is 0.0714. The van der Waals surface area contributed by atoms with Crippen LogP contribution in [-0.2, 0) is 29.9 Å². The number of carbonyl (C=O) groups is 2. The van der Waals surface area contributed by atoms with Gasteiger partial charge in [-0.2, -0.15) is 0 Å². The van der Waals surface area contributed by atoms with Gasteiger partial charge in [0, 0.05) is 0 Å². The zero-order chi connectivity index (χ0) is 24.5. The van der Waals surface area contributed by atoms with Crippen molar-refractivity contribution in [1.82, 2.24) is 0 Å². The smallest absolute Gasteiger partial charge is 0.872 e. The molecule has 0 atom stereocenters. The normalized spacial score (nSPS) is 9.83. The van der Waals surface area contributed by atoms with Gasteiger partial charge in [0.15, 0.2) is 0 Å². The minimum atomic E-state index is -1.06. The van der Waals surface area contributed by atoms with E-state index in [0.29, 0.717) is 24.0 Å². The first-order valence-electron chi connectivity index (χ1n) is 10.5. The average Bonchev–Trinajstić information content (AvgIpc) is 2.83. The predicted molar refractivity (Wildman–Crippen MR) is 124 cm³/mol. The minimum Gasteiger partial charge on any atom is -0.872 e. The molecule has 0 heterocycles. The number of aromatic carboxylic acids is 2. The number of carboxylic acid groups (broad SMARTS) is 2. The molecule has 6 nitrogen and oxygen atoms in total. The third-order valence-electron chi connectivity index (χ3n) is 5.17. The molecular formula is C28H22CuO6. The first kappa shape index (κ1) is 27.2. The molecule has 0 bridgehead atoms. The minimum absolute atomic E-state index is 0. The maximum Gasteiger partial charge on any atom is 2.00 e. The molecule has 4 rings (SSSR count). The Hall–Kier alpha value is -4.06. The molecule has 7 heteroatoms. The number of rotatable bonds is 6. The van der Waals surface area contributed by atoms with Crippen molar-refractivity contribution in [2.75, 3.05) is 0 Å². The molecule has 2 N–H and O–H groups in total. The Morgan fingerprint density at radius 3 is 1.20 bits per heavy atom. The van der Waals surface area contributed by atoms with E-state index in [1.54, 1.807) is 0 Å². The molecule has 1 radical (unpaired) electrons. The fourth-order valence-corrected chi connectivity index (χ4v) is 3.50. The molecule has 0 aliphatic rings. The Balaban J connectivity index is 0.000000240. The molecule has 0 saturated heterocycles. The zero-order valence-corrected chi connectivity index (χ0v) is 19.4. The molecule has 0 unspecified atom stereocenters. The van der Waals surface area contributed by atoms with Gasteiger partial charge in [-0.15, -0.1) is 11.5 Å². The molecule has 0 aliphatic heterocycles. The Bertz CT molecular complexity index is 1170. The Morgan fingerprint density at radius 2 is 0.886 bits per heavy atom.